The number of hydrogen-bond donors (Lipinski definition) is 1. The van der Waals surface area contributed by atoms with Gasteiger partial charge in [-0.15, -0.1) is 0 Å². The molecule has 1 aromatic rings. The minimum atomic E-state index is -0.442. The van der Waals surface area contributed by atoms with Crippen LogP contribution in [0.4, 0.5) is 0 Å². The van der Waals surface area contributed by atoms with Crippen molar-refractivity contribution >= 4 is 11.8 Å². The lowest BCUT2D eigenvalue weighted by Gasteiger charge is -2.40. The van der Waals surface area contributed by atoms with Crippen molar-refractivity contribution in [2.24, 2.45) is 5.73 Å². The number of aromatic nitrogens is 2. The van der Waals surface area contributed by atoms with Gasteiger partial charge in [-0.2, -0.15) is 5.10 Å². The van der Waals surface area contributed by atoms with Crippen LogP contribution in [-0.2, 0) is 4.79 Å². The Hall–Kier alpha value is -1.89. The maximum absolute atomic E-state index is 11.9. The highest BCUT2D eigenvalue weighted by Gasteiger charge is 2.29. The minimum absolute atomic E-state index is 0.299. The van der Waals surface area contributed by atoms with E-state index in [1.54, 1.807) is 6.20 Å². The normalized spacial score (nSPS) is 20.7. The molecule has 120 valence electrons. The number of nitrogens with zero attached hydrogens (tertiary/aromatic N) is 4. The summed E-state index contributed by atoms with van der Waals surface area (Å²) in [5.74, 6) is -0.144. The van der Waals surface area contributed by atoms with Gasteiger partial charge in [0.1, 0.15) is 0 Å². The molecule has 0 radical (unpaired) electrons. The van der Waals surface area contributed by atoms with Gasteiger partial charge in [-0.3, -0.25) is 19.2 Å². The molecule has 7 heteroatoms. The van der Waals surface area contributed by atoms with Crippen molar-refractivity contribution in [3.63, 3.8) is 0 Å². The number of carbonyl (C=O) groups is 2. The smallest absolute Gasteiger partial charge is 0.251 e. The molecule has 0 spiro atoms. The molecule has 2 aliphatic rings. The molecule has 2 fully saturated rings. The third-order valence-electron chi connectivity index (χ3n) is 4.56. The van der Waals surface area contributed by atoms with E-state index in [-0.39, 0.29) is 0 Å². The van der Waals surface area contributed by atoms with Crippen molar-refractivity contribution in [2.75, 3.05) is 32.7 Å². The van der Waals surface area contributed by atoms with Crippen LogP contribution in [-0.4, -0.2) is 64.1 Å². The summed E-state index contributed by atoms with van der Waals surface area (Å²) in [6, 6.07) is 0.299. The number of amides is 2. The van der Waals surface area contributed by atoms with Crippen LogP contribution >= 0.6 is 0 Å². The summed E-state index contributed by atoms with van der Waals surface area (Å²) in [4.78, 5) is 27.3. The zero-order chi connectivity index (χ0) is 15.5. The lowest BCUT2D eigenvalue weighted by molar-refractivity contribution is -0.131. The Kier molecular flexibility index (Phi) is 4.42. The van der Waals surface area contributed by atoms with Crippen LogP contribution in [0.25, 0.3) is 0 Å². The van der Waals surface area contributed by atoms with Crippen LogP contribution in [0.15, 0.2) is 12.4 Å². The molecule has 2 N–H and O–H groups in total. The maximum Gasteiger partial charge on any atom is 0.251 e. The second-order valence-electron chi connectivity index (χ2n) is 6.18. The molecule has 0 unspecified atom stereocenters. The van der Waals surface area contributed by atoms with Gasteiger partial charge in [-0.05, 0) is 12.8 Å². The molecule has 1 aromatic heterocycles. The summed E-state index contributed by atoms with van der Waals surface area (Å²) in [5.41, 5.74) is 5.68. The predicted octanol–water partition coefficient (Wildman–Crippen LogP) is 0.241. The molecule has 3 rings (SSSR count). The average molecular weight is 305 g/mol. The van der Waals surface area contributed by atoms with Gasteiger partial charge in [0.2, 0.25) is 5.91 Å². The van der Waals surface area contributed by atoms with Gasteiger partial charge in [-0.25, -0.2) is 0 Å². The van der Waals surface area contributed by atoms with E-state index in [4.69, 9.17) is 5.73 Å². The summed E-state index contributed by atoms with van der Waals surface area (Å²) in [5, 5.41) is 4.19. The van der Waals surface area contributed by atoms with Crippen molar-refractivity contribution in [2.45, 2.75) is 31.7 Å². The Morgan fingerprint density at radius 2 is 2.09 bits per heavy atom. The van der Waals surface area contributed by atoms with E-state index >= 15 is 0 Å². The van der Waals surface area contributed by atoms with Crippen LogP contribution in [0.1, 0.15) is 42.1 Å². The molecule has 0 saturated carbocycles. The molecule has 2 amide bonds. The topological polar surface area (TPSA) is 84.5 Å². The van der Waals surface area contributed by atoms with Gasteiger partial charge in [0, 0.05) is 45.3 Å². The standard InChI is InChI=1S/C15H23N5O2/c16-15(22)12-8-17-20(9-12)13-10-18(11-13)6-7-19-5-3-1-2-4-14(19)21/h8-9,13H,1-7,10-11H2,(H2,16,22). The molecular weight excluding hydrogens is 282 g/mol. The molecule has 0 bridgehead atoms. The third-order valence-corrected chi connectivity index (χ3v) is 4.56. The quantitative estimate of drug-likeness (QED) is 0.844. The molecule has 0 aliphatic carbocycles. The third kappa shape index (κ3) is 3.30. The SMILES string of the molecule is NC(=O)c1cnn(C2CN(CCN3CCCCCC3=O)C2)c1. The number of carbonyl (C=O) groups excluding carboxylic acids is 2. The lowest BCUT2D eigenvalue weighted by atomic mass is 10.1. The Bertz CT molecular complexity index is 550. The van der Waals surface area contributed by atoms with Gasteiger partial charge in [0.05, 0.1) is 17.8 Å². The van der Waals surface area contributed by atoms with Gasteiger partial charge in [0.25, 0.3) is 5.91 Å². The fourth-order valence-electron chi connectivity index (χ4n) is 3.09. The predicted molar refractivity (Wildman–Crippen MR) is 81.3 cm³/mol. The van der Waals surface area contributed by atoms with Gasteiger partial charge < -0.3 is 10.6 Å². The first kappa shape index (κ1) is 15.0. The Morgan fingerprint density at radius 3 is 2.82 bits per heavy atom. The van der Waals surface area contributed by atoms with E-state index in [2.05, 4.69) is 10.00 Å². The van der Waals surface area contributed by atoms with E-state index in [9.17, 15) is 9.59 Å². The van der Waals surface area contributed by atoms with Crippen LogP contribution in [0.3, 0.4) is 0 Å². The second kappa shape index (κ2) is 6.48. The molecule has 0 atom stereocenters. The van der Waals surface area contributed by atoms with Gasteiger partial charge in [-0.1, -0.05) is 6.42 Å². The molecule has 0 aromatic carbocycles. The highest BCUT2D eigenvalue weighted by molar-refractivity contribution is 5.92. The van der Waals surface area contributed by atoms with Gasteiger partial charge >= 0.3 is 0 Å². The van der Waals surface area contributed by atoms with Crippen LogP contribution in [0, 0.1) is 0 Å². The Labute approximate surface area is 130 Å². The number of likely N-dealkylation sites (tertiary alicyclic amines) is 2. The van der Waals surface area contributed by atoms with Crippen LogP contribution in [0.5, 0.6) is 0 Å². The Morgan fingerprint density at radius 1 is 1.27 bits per heavy atom. The van der Waals surface area contributed by atoms with Gasteiger partial charge in [0.15, 0.2) is 0 Å². The van der Waals surface area contributed by atoms with E-state index < -0.39 is 5.91 Å². The Balaban J connectivity index is 1.43. The van der Waals surface area contributed by atoms with E-state index in [1.807, 2.05) is 9.58 Å². The minimum Gasteiger partial charge on any atom is -0.366 e. The van der Waals surface area contributed by atoms with Crippen molar-refractivity contribution in [1.29, 1.82) is 0 Å². The highest BCUT2D eigenvalue weighted by atomic mass is 16.2. The van der Waals surface area contributed by atoms with Crippen LogP contribution < -0.4 is 5.73 Å². The summed E-state index contributed by atoms with van der Waals surface area (Å²) >= 11 is 0. The molecule has 2 saturated heterocycles. The van der Waals surface area contributed by atoms with Crippen molar-refractivity contribution in [3.05, 3.63) is 18.0 Å². The fourth-order valence-corrected chi connectivity index (χ4v) is 3.09. The number of primary amides is 1. The van der Waals surface area contributed by atoms with Crippen molar-refractivity contribution in [3.8, 4) is 0 Å². The summed E-state index contributed by atoms with van der Waals surface area (Å²) in [6.07, 6.45) is 7.24. The van der Waals surface area contributed by atoms with E-state index in [0.717, 1.165) is 52.0 Å². The maximum atomic E-state index is 11.9. The molecule has 22 heavy (non-hydrogen) atoms. The molecular formula is C15H23N5O2. The first-order valence-corrected chi connectivity index (χ1v) is 7.97. The van der Waals surface area contributed by atoms with E-state index in [0.29, 0.717) is 23.9 Å². The lowest BCUT2D eigenvalue weighted by Crippen LogP contribution is -2.50. The largest absolute Gasteiger partial charge is 0.366 e. The summed E-state index contributed by atoms with van der Waals surface area (Å²) < 4.78 is 1.81. The zero-order valence-corrected chi connectivity index (χ0v) is 12.8. The first-order valence-electron chi connectivity index (χ1n) is 7.97. The molecule has 2 aliphatic heterocycles. The average Bonchev–Trinajstić information content (AvgIpc) is 2.83. The number of rotatable bonds is 5. The zero-order valence-electron chi connectivity index (χ0n) is 12.8. The van der Waals surface area contributed by atoms with E-state index in [1.165, 1.54) is 6.20 Å². The monoisotopic (exact) mass is 305 g/mol. The molecule has 3 heterocycles. The summed E-state index contributed by atoms with van der Waals surface area (Å²) in [6.45, 7) is 4.43. The highest BCUT2D eigenvalue weighted by Crippen LogP contribution is 2.21. The number of nitrogens with two attached hydrogens (primary N) is 1. The second-order valence-corrected chi connectivity index (χ2v) is 6.18. The van der Waals surface area contributed by atoms with Crippen LogP contribution in [0.2, 0.25) is 0 Å². The van der Waals surface area contributed by atoms with Crippen molar-refractivity contribution < 1.29 is 9.59 Å². The van der Waals surface area contributed by atoms with Crippen molar-refractivity contribution in [1.82, 2.24) is 19.6 Å². The number of hydrogen-bond acceptors (Lipinski definition) is 4. The molecule has 7 nitrogen and oxygen atoms in total. The summed E-state index contributed by atoms with van der Waals surface area (Å²) in [7, 11) is 0. The first-order chi connectivity index (χ1) is 10.6. The fraction of sp³-hybridized carbons (Fsp3) is 0.667.